The molecule has 3 nitrogen and oxygen atoms in total. The van der Waals surface area contributed by atoms with Gasteiger partial charge in [-0.3, -0.25) is 0 Å². The molecule has 0 amide bonds. The number of rotatable bonds is 2. The van der Waals surface area contributed by atoms with E-state index in [0.717, 1.165) is 30.6 Å². The molecule has 21 heavy (non-hydrogen) atoms. The first kappa shape index (κ1) is 13.7. The molecule has 1 aliphatic heterocycles. The van der Waals surface area contributed by atoms with Crippen molar-refractivity contribution < 1.29 is 5.11 Å². The summed E-state index contributed by atoms with van der Waals surface area (Å²) in [7, 11) is 0. The average Bonchev–Trinajstić information content (AvgIpc) is 2.53. The molecule has 0 radical (unpaired) electrons. The van der Waals surface area contributed by atoms with Crippen molar-refractivity contribution >= 4 is 11.4 Å². The molecule has 0 spiro atoms. The Labute approximate surface area is 125 Å². The zero-order valence-corrected chi connectivity index (χ0v) is 12.1. The van der Waals surface area contributed by atoms with Crippen LogP contribution in [-0.4, -0.2) is 11.7 Å². The largest absolute Gasteiger partial charge is 0.392 e. The Bertz CT molecular complexity index is 716. The molecular formula is C18H18N2O. The van der Waals surface area contributed by atoms with Crippen molar-refractivity contribution in [1.29, 1.82) is 5.26 Å². The number of hydrogen-bond acceptors (Lipinski definition) is 3. The smallest absolute Gasteiger partial charge is 0.101 e. The van der Waals surface area contributed by atoms with Crippen LogP contribution in [0.5, 0.6) is 0 Å². The molecule has 0 saturated carbocycles. The van der Waals surface area contributed by atoms with Crippen molar-refractivity contribution in [3.63, 3.8) is 0 Å². The number of aryl methyl sites for hydroxylation is 2. The van der Waals surface area contributed by atoms with E-state index < -0.39 is 0 Å². The molecule has 3 heteroatoms. The lowest BCUT2D eigenvalue weighted by atomic mass is 9.98. The zero-order chi connectivity index (χ0) is 14.8. The highest BCUT2D eigenvalue weighted by Gasteiger charge is 2.20. The van der Waals surface area contributed by atoms with Crippen LogP contribution in [0.2, 0.25) is 0 Å². The highest BCUT2D eigenvalue weighted by atomic mass is 16.3. The number of hydrogen-bond donors (Lipinski definition) is 1. The highest BCUT2D eigenvalue weighted by molar-refractivity contribution is 5.73. The number of nitriles is 1. The first-order chi connectivity index (χ1) is 10.2. The molecule has 0 saturated heterocycles. The predicted molar refractivity (Wildman–Crippen MR) is 83.6 cm³/mol. The van der Waals surface area contributed by atoms with Gasteiger partial charge in [0.1, 0.15) is 6.07 Å². The summed E-state index contributed by atoms with van der Waals surface area (Å²) in [6.07, 6.45) is 2.17. The molecule has 0 bridgehead atoms. The van der Waals surface area contributed by atoms with E-state index in [-0.39, 0.29) is 6.61 Å². The third kappa shape index (κ3) is 2.51. The summed E-state index contributed by atoms with van der Waals surface area (Å²) in [6.45, 7) is 2.99. The first-order valence-electron chi connectivity index (χ1n) is 7.24. The Kier molecular flexibility index (Phi) is 3.64. The van der Waals surface area contributed by atoms with Crippen molar-refractivity contribution in [2.24, 2.45) is 0 Å². The van der Waals surface area contributed by atoms with Crippen molar-refractivity contribution in [2.75, 3.05) is 11.4 Å². The fourth-order valence-electron chi connectivity index (χ4n) is 2.98. The Morgan fingerprint density at radius 2 is 2.00 bits per heavy atom. The number of aliphatic hydroxyl groups excluding tert-OH is 1. The maximum absolute atomic E-state index is 9.40. The minimum Gasteiger partial charge on any atom is -0.392 e. The van der Waals surface area contributed by atoms with Crippen LogP contribution in [0, 0.1) is 18.3 Å². The summed E-state index contributed by atoms with van der Waals surface area (Å²) in [5.74, 6) is 0. The molecular weight excluding hydrogens is 260 g/mol. The van der Waals surface area contributed by atoms with Crippen molar-refractivity contribution in [1.82, 2.24) is 0 Å². The van der Waals surface area contributed by atoms with Crippen LogP contribution in [0.4, 0.5) is 11.4 Å². The minimum absolute atomic E-state index is 0.0370. The molecule has 0 aromatic heterocycles. The molecule has 1 N–H and O–H groups in total. The van der Waals surface area contributed by atoms with Crippen LogP contribution in [0.15, 0.2) is 36.4 Å². The van der Waals surface area contributed by atoms with Crippen LogP contribution in [-0.2, 0) is 13.0 Å². The van der Waals surface area contributed by atoms with Gasteiger partial charge < -0.3 is 10.0 Å². The van der Waals surface area contributed by atoms with E-state index >= 15 is 0 Å². The topological polar surface area (TPSA) is 47.3 Å². The second-order valence-electron chi connectivity index (χ2n) is 5.51. The number of fused-ring (bicyclic) bond motifs is 1. The maximum Gasteiger partial charge on any atom is 0.101 e. The quantitative estimate of drug-likeness (QED) is 0.915. The third-order valence-electron chi connectivity index (χ3n) is 4.01. The van der Waals surface area contributed by atoms with Crippen LogP contribution < -0.4 is 4.90 Å². The number of aliphatic hydroxyl groups is 1. The number of benzene rings is 2. The lowest BCUT2D eigenvalue weighted by Gasteiger charge is -2.32. The molecule has 1 heterocycles. The predicted octanol–water partition coefficient (Wildman–Crippen LogP) is 3.44. The summed E-state index contributed by atoms with van der Waals surface area (Å²) in [5.41, 5.74) is 6.13. The van der Waals surface area contributed by atoms with Crippen LogP contribution in [0.1, 0.15) is 28.7 Å². The Balaban J connectivity index is 2.09. The van der Waals surface area contributed by atoms with Crippen LogP contribution in [0.3, 0.4) is 0 Å². The number of anilines is 2. The molecule has 0 aliphatic carbocycles. The lowest BCUT2D eigenvalue weighted by molar-refractivity contribution is 0.282. The SMILES string of the molecule is Cc1ccc2c(c1)CCCN2c1ccc(CO)cc1C#N. The molecule has 106 valence electrons. The summed E-state index contributed by atoms with van der Waals surface area (Å²) < 4.78 is 0. The lowest BCUT2D eigenvalue weighted by Crippen LogP contribution is -2.25. The van der Waals surface area contributed by atoms with Gasteiger partial charge in [0.25, 0.3) is 0 Å². The van der Waals surface area contributed by atoms with Crippen LogP contribution in [0.25, 0.3) is 0 Å². The van der Waals surface area contributed by atoms with Gasteiger partial charge >= 0.3 is 0 Å². The van der Waals surface area contributed by atoms with Gasteiger partial charge in [0.2, 0.25) is 0 Å². The van der Waals surface area contributed by atoms with Crippen LogP contribution >= 0.6 is 0 Å². The van der Waals surface area contributed by atoms with Gasteiger partial charge in [0.05, 0.1) is 17.9 Å². The molecule has 2 aromatic rings. The molecule has 0 unspecified atom stereocenters. The van der Waals surface area contributed by atoms with E-state index in [4.69, 9.17) is 0 Å². The van der Waals surface area contributed by atoms with Gasteiger partial charge in [0.15, 0.2) is 0 Å². The standard InChI is InChI=1S/C18H18N2O/c1-13-4-6-17-15(9-13)3-2-8-20(17)18-7-5-14(12-21)10-16(18)11-19/h4-7,9-10,21H,2-3,8,12H2,1H3. The fourth-order valence-corrected chi connectivity index (χ4v) is 2.98. The van der Waals surface area contributed by atoms with E-state index in [1.54, 1.807) is 6.07 Å². The van der Waals surface area contributed by atoms with Gasteiger partial charge in [0, 0.05) is 12.2 Å². The maximum atomic E-state index is 9.40. The van der Waals surface area contributed by atoms with Crippen molar-refractivity contribution in [3.05, 3.63) is 58.7 Å². The summed E-state index contributed by atoms with van der Waals surface area (Å²) in [4.78, 5) is 2.22. The minimum atomic E-state index is -0.0370. The van der Waals surface area contributed by atoms with Gasteiger partial charge in [-0.1, -0.05) is 23.8 Å². The second-order valence-corrected chi connectivity index (χ2v) is 5.51. The monoisotopic (exact) mass is 278 g/mol. The first-order valence-corrected chi connectivity index (χ1v) is 7.24. The molecule has 0 atom stereocenters. The van der Waals surface area contributed by atoms with E-state index in [1.807, 2.05) is 12.1 Å². The van der Waals surface area contributed by atoms with Gasteiger partial charge in [-0.25, -0.2) is 0 Å². The van der Waals surface area contributed by atoms with E-state index in [9.17, 15) is 10.4 Å². The Morgan fingerprint density at radius 3 is 2.76 bits per heavy atom. The number of nitrogens with zero attached hydrogens (tertiary/aromatic N) is 2. The van der Waals surface area contributed by atoms with E-state index in [2.05, 4.69) is 36.1 Å². The van der Waals surface area contributed by atoms with E-state index in [0.29, 0.717) is 5.56 Å². The Hall–Kier alpha value is -2.31. The molecule has 3 rings (SSSR count). The highest BCUT2D eigenvalue weighted by Crippen LogP contribution is 2.35. The average molecular weight is 278 g/mol. The van der Waals surface area contributed by atoms with E-state index in [1.165, 1.54) is 16.8 Å². The fraction of sp³-hybridized carbons (Fsp3) is 0.278. The van der Waals surface area contributed by atoms with Gasteiger partial charge in [-0.2, -0.15) is 5.26 Å². The summed E-state index contributed by atoms with van der Waals surface area (Å²) in [5, 5.41) is 18.6. The zero-order valence-electron chi connectivity index (χ0n) is 12.1. The molecule has 0 fully saturated rings. The molecule has 1 aliphatic rings. The summed E-state index contributed by atoms with van der Waals surface area (Å²) >= 11 is 0. The normalized spacial score (nSPS) is 13.7. The van der Waals surface area contributed by atoms with Gasteiger partial charge in [-0.15, -0.1) is 0 Å². The van der Waals surface area contributed by atoms with Gasteiger partial charge in [-0.05, 0) is 49.1 Å². The third-order valence-corrected chi connectivity index (χ3v) is 4.01. The molecule has 2 aromatic carbocycles. The summed E-state index contributed by atoms with van der Waals surface area (Å²) in [6, 6.07) is 14.4. The Morgan fingerprint density at radius 1 is 1.19 bits per heavy atom. The van der Waals surface area contributed by atoms with Crippen molar-refractivity contribution in [3.8, 4) is 6.07 Å². The van der Waals surface area contributed by atoms with Crippen molar-refractivity contribution in [2.45, 2.75) is 26.4 Å². The second kappa shape index (κ2) is 5.59.